The highest BCUT2D eigenvalue weighted by Crippen LogP contribution is 2.15. The van der Waals surface area contributed by atoms with E-state index in [0.717, 1.165) is 12.0 Å². The Balaban J connectivity index is 1.91. The molecule has 0 unspecified atom stereocenters. The lowest BCUT2D eigenvalue weighted by Gasteiger charge is -2.08. The van der Waals surface area contributed by atoms with E-state index in [2.05, 4.69) is 16.1 Å². The fraction of sp³-hybridized carbons (Fsp3) is 0.316. The maximum absolute atomic E-state index is 12.1. The van der Waals surface area contributed by atoms with Gasteiger partial charge in [0.1, 0.15) is 0 Å². The average Bonchev–Trinajstić information content (AvgIpc) is 2.59. The number of carbonyl (C=O) groups is 1. The molecule has 0 bridgehead atoms. The molecule has 2 aromatic rings. The summed E-state index contributed by atoms with van der Waals surface area (Å²) in [4.78, 5) is 12.2. The first-order valence-corrected chi connectivity index (χ1v) is 9.84. The summed E-state index contributed by atoms with van der Waals surface area (Å²) in [5.41, 5.74) is 2.88. The molecule has 1 amide bonds. The zero-order valence-electron chi connectivity index (χ0n) is 14.6. The van der Waals surface area contributed by atoms with E-state index in [1.165, 1.54) is 17.7 Å². The Labute approximate surface area is 149 Å². The van der Waals surface area contributed by atoms with Gasteiger partial charge in [-0.05, 0) is 49.6 Å². The van der Waals surface area contributed by atoms with Gasteiger partial charge in [-0.2, -0.15) is 0 Å². The number of aryl methyl sites for hydroxylation is 2. The molecule has 0 spiro atoms. The molecule has 0 aliphatic carbocycles. The van der Waals surface area contributed by atoms with Crippen LogP contribution >= 0.6 is 0 Å². The fourth-order valence-electron chi connectivity index (χ4n) is 2.39. The molecule has 0 aliphatic rings. The zero-order chi connectivity index (χ0) is 18.3. The average molecular weight is 360 g/mol. The number of amides is 1. The topological polar surface area (TPSA) is 75.3 Å². The maximum atomic E-state index is 12.1. The maximum Gasteiger partial charge on any atom is 0.240 e. The lowest BCUT2D eigenvalue weighted by atomic mass is 10.1. The van der Waals surface area contributed by atoms with Gasteiger partial charge in [-0.25, -0.2) is 13.1 Å². The van der Waals surface area contributed by atoms with E-state index < -0.39 is 10.0 Å². The van der Waals surface area contributed by atoms with Crippen LogP contribution in [0.2, 0.25) is 0 Å². The summed E-state index contributed by atoms with van der Waals surface area (Å²) >= 11 is 0. The number of rotatable bonds is 8. The van der Waals surface area contributed by atoms with Crippen LogP contribution in [-0.2, 0) is 21.2 Å². The molecule has 0 fully saturated rings. The van der Waals surface area contributed by atoms with Gasteiger partial charge in [-0.1, -0.05) is 36.8 Å². The van der Waals surface area contributed by atoms with Gasteiger partial charge in [-0.15, -0.1) is 0 Å². The highest BCUT2D eigenvalue weighted by molar-refractivity contribution is 7.89. The standard InChI is InChI=1S/C19H24N2O3S/c1-3-13-20-25(23,24)18-10-8-17(9-11-18)21-19(22)12-7-16-6-4-5-15(2)14-16/h4-6,8-11,14,20H,3,7,12-13H2,1-2H3,(H,21,22). The first-order valence-electron chi connectivity index (χ1n) is 8.36. The summed E-state index contributed by atoms with van der Waals surface area (Å²) in [5, 5.41) is 2.79. The van der Waals surface area contributed by atoms with E-state index >= 15 is 0 Å². The lowest BCUT2D eigenvalue weighted by Crippen LogP contribution is -2.24. The Morgan fingerprint density at radius 2 is 1.80 bits per heavy atom. The van der Waals surface area contributed by atoms with Gasteiger partial charge in [-0.3, -0.25) is 4.79 Å². The fourth-order valence-corrected chi connectivity index (χ4v) is 3.52. The number of sulfonamides is 1. The van der Waals surface area contributed by atoms with Gasteiger partial charge in [0.2, 0.25) is 15.9 Å². The Bertz CT molecular complexity index is 815. The monoisotopic (exact) mass is 360 g/mol. The van der Waals surface area contributed by atoms with Crippen molar-refractivity contribution in [1.82, 2.24) is 4.72 Å². The van der Waals surface area contributed by atoms with Crippen molar-refractivity contribution in [3.63, 3.8) is 0 Å². The number of carbonyl (C=O) groups excluding carboxylic acids is 1. The molecule has 134 valence electrons. The number of hydrogen-bond donors (Lipinski definition) is 2. The van der Waals surface area contributed by atoms with Gasteiger partial charge in [0, 0.05) is 18.7 Å². The molecule has 25 heavy (non-hydrogen) atoms. The van der Waals surface area contributed by atoms with E-state index in [1.54, 1.807) is 12.1 Å². The molecule has 0 aromatic heterocycles. The van der Waals surface area contributed by atoms with E-state index in [1.807, 2.05) is 32.0 Å². The summed E-state index contributed by atoms with van der Waals surface area (Å²) in [6, 6.07) is 14.3. The highest BCUT2D eigenvalue weighted by atomic mass is 32.2. The molecule has 0 saturated heterocycles. The molecule has 2 rings (SSSR count). The van der Waals surface area contributed by atoms with E-state index in [9.17, 15) is 13.2 Å². The molecule has 2 aromatic carbocycles. The van der Waals surface area contributed by atoms with Crippen LogP contribution in [-0.4, -0.2) is 20.9 Å². The minimum absolute atomic E-state index is 0.0961. The molecule has 2 N–H and O–H groups in total. The zero-order valence-corrected chi connectivity index (χ0v) is 15.4. The van der Waals surface area contributed by atoms with Crippen LogP contribution in [0.25, 0.3) is 0 Å². The first-order chi connectivity index (χ1) is 11.9. The normalized spacial score (nSPS) is 11.3. The summed E-state index contributed by atoms with van der Waals surface area (Å²) in [6.07, 6.45) is 1.77. The number of benzene rings is 2. The van der Waals surface area contributed by atoms with Crippen LogP contribution in [0.15, 0.2) is 53.4 Å². The third-order valence-electron chi connectivity index (χ3n) is 3.71. The minimum atomic E-state index is -3.48. The van der Waals surface area contributed by atoms with E-state index in [0.29, 0.717) is 25.1 Å². The number of nitrogens with one attached hydrogen (secondary N) is 2. The second-order valence-electron chi connectivity index (χ2n) is 5.96. The SMILES string of the molecule is CCCNS(=O)(=O)c1ccc(NC(=O)CCc2cccc(C)c2)cc1. The Kier molecular flexibility index (Phi) is 6.73. The van der Waals surface area contributed by atoms with E-state index in [4.69, 9.17) is 0 Å². The van der Waals surface area contributed by atoms with Crippen LogP contribution in [0.4, 0.5) is 5.69 Å². The molecular formula is C19H24N2O3S. The molecule has 0 atom stereocenters. The van der Waals surface area contributed by atoms with Crippen LogP contribution in [0.3, 0.4) is 0 Å². The van der Waals surface area contributed by atoms with Gasteiger partial charge in [0.05, 0.1) is 4.90 Å². The smallest absolute Gasteiger partial charge is 0.240 e. The van der Waals surface area contributed by atoms with Crippen molar-refractivity contribution in [3.05, 3.63) is 59.7 Å². The highest BCUT2D eigenvalue weighted by Gasteiger charge is 2.13. The Morgan fingerprint density at radius 1 is 1.08 bits per heavy atom. The lowest BCUT2D eigenvalue weighted by molar-refractivity contribution is -0.116. The van der Waals surface area contributed by atoms with Gasteiger partial charge >= 0.3 is 0 Å². The molecule has 6 heteroatoms. The van der Waals surface area contributed by atoms with Crippen molar-refractivity contribution < 1.29 is 13.2 Å². The van der Waals surface area contributed by atoms with Gasteiger partial charge in [0.25, 0.3) is 0 Å². The van der Waals surface area contributed by atoms with Crippen LogP contribution in [0.5, 0.6) is 0 Å². The second-order valence-corrected chi connectivity index (χ2v) is 7.73. The molecule has 0 heterocycles. The summed E-state index contributed by atoms with van der Waals surface area (Å²) in [7, 11) is -3.48. The van der Waals surface area contributed by atoms with Crippen molar-refractivity contribution in [2.75, 3.05) is 11.9 Å². The number of anilines is 1. The molecular weight excluding hydrogens is 336 g/mol. The van der Waals surface area contributed by atoms with Crippen molar-refractivity contribution in [1.29, 1.82) is 0 Å². The predicted molar refractivity (Wildman–Crippen MR) is 100 cm³/mol. The largest absolute Gasteiger partial charge is 0.326 e. The minimum Gasteiger partial charge on any atom is -0.326 e. The second kappa shape index (κ2) is 8.78. The predicted octanol–water partition coefficient (Wildman–Crippen LogP) is 3.25. The molecule has 0 radical (unpaired) electrons. The first kappa shape index (κ1) is 19.1. The molecule has 0 aliphatic heterocycles. The Hall–Kier alpha value is -2.18. The number of hydrogen-bond acceptors (Lipinski definition) is 3. The van der Waals surface area contributed by atoms with Crippen molar-refractivity contribution in [3.8, 4) is 0 Å². The van der Waals surface area contributed by atoms with Gasteiger partial charge in [0.15, 0.2) is 0 Å². The molecule has 0 saturated carbocycles. The van der Waals surface area contributed by atoms with Crippen LogP contribution in [0.1, 0.15) is 30.9 Å². The third-order valence-corrected chi connectivity index (χ3v) is 5.19. The van der Waals surface area contributed by atoms with Crippen molar-refractivity contribution in [2.24, 2.45) is 0 Å². The Morgan fingerprint density at radius 3 is 2.44 bits per heavy atom. The van der Waals surface area contributed by atoms with Crippen LogP contribution < -0.4 is 10.0 Å². The van der Waals surface area contributed by atoms with Crippen molar-refractivity contribution >= 4 is 21.6 Å². The quantitative estimate of drug-likeness (QED) is 0.759. The van der Waals surface area contributed by atoms with Gasteiger partial charge < -0.3 is 5.32 Å². The third kappa shape index (κ3) is 5.99. The van der Waals surface area contributed by atoms with E-state index in [-0.39, 0.29) is 10.8 Å². The summed E-state index contributed by atoms with van der Waals surface area (Å²) in [5.74, 6) is -0.0961. The summed E-state index contributed by atoms with van der Waals surface area (Å²) < 4.78 is 26.5. The van der Waals surface area contributed by atoms with Crippen molar-refractivity contribution in [2.45, 2.75) is 38.0 Å². The summed E-state index contributed by atoms with van der Waals surface area (Å²) in [6.45, 7) is 4.33. The van der Waals surface area contributed by atoms with Crippen LogP contribution in [0, 0.1) is 6.92 Å². The molecule has 5 nitrogen and oxygen atoms in total.